The van der Waals surface area contributed by atoms with Crippen LogP contribution in [0.3, 0.4) is 0 Å². The SMILES string of the molecule is CC[C@@H]1C[C@H](C(=O)NC2(c3ccc(F)cc3)CCCC2)CC(=O)N1. The van der Waals surface area contributed by atoms with Crippen molar-refractivity contribution in [3.63, 3.8) is 0 Å². The molecule has 130 valence electrons. The molecule has 2 atom stereocenters. The fraction of sp³-hybridized carbons (Fsp3) is 0.579. The second kappa shape index (κ2) is 6.91. The number of carbonyl (C=O) groups is 2. The Bertz CT molecular complexity index is 608. The standard InChI is InChI=1S/C19H25FN2O2/c1-2-16-11-13(12-17(23)21-16)18(24)22-19(9-3-4-10-19)14-5-7-15(20)8-6-14/h5-8,13,16H,2-4,9-12H2,1H3,(H,21,23)(H,22,24)/t13-,16+/m0/s1. The number of halogens is 1. The summed E-state index contributed by atoms with van der Waals surface area (Å²) in [7, 11) is 0. The monoisotopic (exact) mass is 332 g/mol. The topological polar surface area (TPSA) is 58.2 Å². The number of rotatable bonds is 4. The van der Waals surface area contributed by atoms with Crippen molar-refractivity contribution in [1.29, 1.82) is 0 Å². The van der Waals surface area contributed by atoms with E-state index in [9.17, 15) is 14.0 Å². The molecule has 2 aliphatic rings. The van der Waals surface area contributed by atoms with Crippen molar-refractivity contribution in [3.8, 4) is 0 Å². The lowest BCUT2D eigenvalue weighted by Gasteiger charge is -2.35. The third-order valence-electron chi connectivity index (χ3n) is 5.45. The molecule has 2 amide bonds. The molecule has 24 heavy (non-hydrogen) atoms. The van der Waals surface area contributed by atoms with Crippen LogP contribution in [0.2, 0.25) is 0 Å². The first-order chi connectivity index (χ1) is 11.5. The quantitative estimate of drug-likeness (QED) is 0.890. The van der Waals surface area contributed by atoms with E-state index in [4.69, 9.17) is 0 Å². The minimum Gasteiger partial charge on any atom is -0.353 e. The maximum Gasteiger partial charge on any atom is 0.224 e. The van der Waals surface area contributed by atoms with Gasteiger partial charge >= 0.3 is 0 Å². The Morgan fingerprint density at radius 3 is 2.58 bits per heavy atom. The van der Waals surface area contributed by atoms with Crippen molar-refractivity contribution in [3.05, 3.63) is 35.6 Å². The van der Waals surface area contributed by atoms with E-state index in [0.717, 1.165) is 37.7 Å². The van der Waals surface area contributed by atoms with Gasteiger partial charge in [0.2, 0.25) is 11.8 Å². The van der Waals surface area contributed by atoms with Crippen LogP contribution >= 0.6 is 0 Å². The Morgan fingerprint density at radius 2 is 1.96 bits per heavy atom. The number of hydrogen-bond acceptors (Lipinski definition) is 2. The van der Waals surface area contributed by atoms with Crippen LogP contribution in [0.4, 0.5) is 4.39 Å². The second-order valence-electron chi connectivity index (χ2n) is 7.09. The lowest BCUT2D eigenvalue weighted by atomic mass is 9.85. The molecule has 2 N–H and O–H groups in total. The molecule has 0 radical (unpaired) electrons. The largest absolute Gasteiger partial charge is 0.353 e. The highest BCUT2D eigenvalue weighted by Gasteiger charge is 2.40. The zero-order valence-corrected chi connectivity index (χ0v) is 14.1. The van der Waals surface area contributed by atoms with E-state index in [2.05, 4.69) is 10.6 Å². The molecule has 1 saturated heterocycles. The Morgan fingerprint density at radius 1 is 1.29 bits per heavy atom. The number of amides is 2. The van der Waals surface area contributed by atoms with Crippen molar-refractivity contribution in [2.45, 2.75) is 63.5 Å². The van der Waals surface area contributed by atoms with Gasteiger partial charge in [-0.25, -0.2) is 4.39 Å². The number of carbonyl (C=O) groups excluding carboxylic acids is 2. The molecule has 5 heteroatoms. The third kappa shape index (κ3) is 3.45. The van der Waals surface area contributed by atoms with Gasteiger partial charge in [-0.1, -0.05) is 31.9 Å². The fourth-order valence-corrected chi connectivity index (χ4v) is 4.04. The number of hydrogen-bond donors (Lipinski definition) is 2. The molecule has 1 saturated carbocycles. The van der Waals surface area contributed by atoms with Gasteiger partial charge in [0.05, 0.1) is 5.54 Å². The molecule has 3 rings (SSSR count). The molecule has 1 aromatic rings. The predicted molar refractivity (Wildman–Crippen MR) is 89.6 cm³/mol. The molecule has 4 nitrogen and oxygen atoms in total. The summed E-state index contributed by atoms with van der Waals surface area (Å²) in [6.07, 6.45) is 5.58. The van der Waals surface area contributed by atoms with E-state index >= 15 is 0 Å². The molecule has 1 aliphatic heterocycles. The summed E-state index contributed by atoms with van der Waals surface area (Å²) in [5.74, 6) is -0.639. The maximum atomic E-state index is 13.2. The molecule has 1 aromatic carbocycles. The van der Waals surface area contributed by atoms with Crippen LogP contribution in [0, 0.1) is 11.7 Å². The Labute approximate surface area is 142 Å². The zero-order chi connectivity index (χ0) is 17.2. The lowest BCUT2D eigenvalue weighted by Crippen LogP contribution is -2.51. The highest BCUT2D eigenvalue weighted by atomic mass is 19.1. The molecular formula is C19H25FN2O2. The number of nitrogens with one attached hydrogen (secondary N) is 2. The van der Waals surface area contributed by atoms with Gasteiger partial charge in [-0.3, -0.25) is 9.59 Å². The van der Waals surface area contributed by atoms with Crippen LogP contribution in [-0.2, 0) is 15.1 Å². The number of benzene rings is 1. The molecule has 1 aliphatic carbocycles. The minimum atomic E-state index is -0.416. The van der Waals surface area contributed by atoms with Gasteiger partial charge in [0.25, 0.3) is 0 Å². The van der Waals surface area contributed by atoms with Gasteiger partial charge in [0, 0.05) is 18.4 Å². The average Bonchev–Trinajstić information content (AvgIpc) is 3.04. The molecule has 2 fully saturated rings. The van der Waals surface area contributed by atoms with Crippen LogP contribution in [0.5, 0.6) is 0 Å². The zero-order valence-electron chi connectivity index (χ0n) is 14.1. The molecule has 0 aromatic heterocycles. The first-order valence-corrected chi connectivity index (χ1v) is 8.90. The van der Waals surface area contributed by atoms with Crippen molar-refractivity contribution in [1.82, 2.24) is 10.6 Å². The summed E-state index contributed by atoms with van der Waals surface area (Å²) in [6.45, 7) is 2.02. The van der Waals surface area contributed by atoms with Crippen LogP contribution in [0.25, 0.3) is 0 Å². The van der Waals surface area contributed by atoms with Gasteiger partial charge in [0.15, 0.2) is 0 Å². The van der Waals surface area contributed by atoms with Gasteiger partial charge < -0.3 is 10.6 Å². The van der Waals surface area contributed by atoms with Crippen LogP contribution < -0.4 is 10.6 Å². The summed E-state index contributed by atoms with van der Waals surface area (Å²) in [4.78, 5) is 24.7. The highest BCUT2D eigenvalue weighted by molar-refractivity contribution is 5.87. The van der Waals surface area contributed by atoms with E-state index in [1.807, 2.05) is 6.92 Å². The predicted octanol–water partition coefficient (Wildman–Crippen LogP) is 3.02. The van der Waals surface area contributed by atoms with E-state index in [-0.39, 0.29) is 36.0 Å². The van der Waals surface area contributed by atoms with E-state index in [0.29, 0.717) is 6.42 Å². The van der Waals surface area contributed by atoms with Gasteiger partial charge in [-0.05, 0) is 43.4 Å². The Balaban J connectivity index is 1.77. The first-order valence-electron chi connectivity index (χ1n) is 8.90. The lowest BCUT2D eigenvalue weighted by molar-refractivity contribution is -0.134. The molecule has 0 unspecified atom stereocenters. The summed E-state index contributed by atoms with van der Waals surface area (Å²) >= 11 is 0. The van der Waals surface area contributed by atoms with Gasteiger partial charge in [0.1, 0.15) is 5.82 Å². The maximum absolute atomic E-state index is 13.2. The average molecular weight is 332 g/mol. The summed E-state index contributed by atoms with van der Waals surface area (Å²) in [5.41, 5.74) is 0.544. The molecule has 0 bridgehead atoms. The molecular weight excluding hydrogens is 307 g/mol. The molecule has 1 heterocycles. The minimum absolute atomic E-state index is 0.0458. The number of piperidine rings is 1. The van der Waals surface area contributed by atoms with Gasteiger partial charge in [-0.15, -0.1) is 0 Å². The summed E-state index contributed by atoms with van der Waals surface area (Å²) < 4.78 is 13.2. The van der Waals surface area contributed by atoms with Gasteiger partial charge in [-0.2, -0.15) is 0 Å². The van der Waals surface area contributed by atoms with Crippen molar-refractivity contribution < 1.29 is 14.0 Å². The third-order valence-corrected chi connectivity index (χ3v) is 5.45. The normalized spacial score (nSPS) is 26.0. The Kier molecular flexibility index (Phi) is 4.88. The van der Waals surface area contributed by atoms with Crippen molar-refractivity contribution in [2.24, 2.45) is 5.92 Å². The highest BCUT2D eigenvalue weighted by Crippen LogP contribution is 2.39. The first kappa shape index (κ1) is 16.9. The van der Waals surface area contributed by atoms with Crippen LogP contribution in [0.15, 0.2) is 24.3 Å². The summed E-state index contributed by atoms with van der Waals surface area (Å²) in [6, 6.07) is 6.50. The molecule has 0 spiro atoms. The summed E-state index contributed by atoms with van der Waals surface area (Å²) in [5, 5.41) is 6.15. The second-order valence-corrected chi connectivity index (χ2v) is 7.09. The van der Waals surface area contributed by atoms with Crippen LogP contribution in [-0.4, -0.2) is 17.9 Å². The van der Waals surface area contributed by atoms with E-state index < -0.39 is 5.54 Å². The van der Waals surface area contributed by atoms with Crippen molar-refractivity contribution in [2.75, 3.05) is 0 Å². The van der Waals surface area contributed by atoms with Crippen LogP contribution in [0.1, 0.15) is 57.4 Å². The smallest absolute Gasteiger partial charge is 0.224 e. The fourth-order valence-electron chi connectivity index (χ4n) is 4.04. The Hall–Kier alpha value is -1.91. The van der Waals surface area contributed by atoms with E-state index in [1.165, 1.54) is 12.1 Å². The van der Waals surface area contributed by atoms with E-state index in [1.54, 1.807) is 12.1 Å². The van der Waals surface area contributed by atoms with Crippen molar-refractivity contribution >= 4 is 11.8 Å².